The van der Waals surface area contributed by atoms with Gasteiger partial charge >= 0.3 is 18.1 Å². The second-order valence-electron chi connectivity index (χ2n) is 9.74. The number of rotatable bonds is 7. The molecular formula is C30H26F3N5O6. The van der Waals surface area contributed by atoms with Gasteiger partial charge < -0.3 is 25.0 Å². The van der Waals surface area contributed by atoms with Gasteiger partial charge in [-0.05, 0) is 37.6 Å². The van der Waals surface area contributed by atoms with Gasteiger partial charge in [0.15, 0.2) is 6.61 Å². The lowest BCUT2D eigenvalue weighted by Crippen LogP contribution is -2.44. The normalized spacial score (nSPS) is 13.8. The predicted octanol–water partition coefficient (Wildman–Crippen LogP) is 3.20. The van der Waals surface area contributed by atoms with Crippen molar-refractivity contribution in [1.29, 1.82) is 0 Å². The first kappa shape index (κ1) is 31.5. The minimum Gasteiger partial charge on any atom is -0.464 e. The Bertz CT molecular complexity index is 1630. The van der Waals surface area contributed by atoms with Crippen molar-refractivity contribution in [2.24, 2.45) is 0 Å². The number of hydrogen-bond acceptors (Lipinski definition) is 9. The van der Waals surface area contributed by atoms with Gasteiger partial charge in [0.05, 0.1) is 24.2 Å². The summed E-state index contributed by atoms with van der Waals surface area (Å²) < 4.78 is 47.0. The van der Waals surface area contributed by atoms with Gasteiger partial charge in [-0.3, -0.25) is 14.4 Å². The van der Waals surface area contributed by atoms with Gasteiger partial charge in [-0.1, -0.05) is 42.2 Å². The molecule has 0 fully saturated rings. The first-order chi connectivity index (χ1) is 20.8. The molecule has 11 nitrogen and oxygen atoms in total. The summed E-state index contributed by atoms with van der Waals surface area (Å²) in [7, 11) is 0. The highest BCUT2D eigenvalue weighted by Gasteiger charge is 2.43. The van der Waals surface area contributed by atoms with Crippen molar-refractivity contribution in [3.05, 3.63) is 77.0 Å². The van der Waals surface area contributed by atoms with Crippen LogP contribution in [0, 0.1) is 18.8 Å². The summed E-state index contributed by atoms with van der Waals surface area (Å²) in [5, 5.41) is 0. The molecule has 228 valence electrons. The smallest absolute Gasteiger partial charge is 0.464 e. The van der Waals surface area contributed by atoms with Crippen LogP contribution >= 0.6 is 0 Å². The van der Waals surface area contributed by atoms with Gasteiger partial charge in [-0.15, -0.1) is 0 Å². The Balaban J connectivity index is 1.61. The Labute approximate surface area is 249 Å². The Morgan fingerprint density at radius 2 is 1.82 bits per heavy atom. The molecule has 2 aromatic carbocycles. The number of amides is 2. The number of esters is 2. The molecule has 0 spiro atoms. The number of fused-ring (bicyclic) bond motifs is 1. The van der Waals surface area contributed by atoms with E-state index >= 15 is 0 Å². The summed E-state index contributed by atoms with van der Waals surface area (Å²) in [5.41, 5.74) is 7.76. The molecule has 2 heterocycles. The van der Waals surface area contributed by atoms with E-state index in [0.29, 0.717) is 11.3 Å². The van der Waals surface area contributed by atoms with Gasteiger partial charge in [0, 0.05) is 23.4 Å². The maximum absolute atomic E-state index is 13.8. The van der Waals surface area contributed by atoms with E-state index in [9.17, 15) is 32.3 Å². The zero-order chi connectivity index (χ0) is 32.0. The van der Waals surface area contributed by atoms with Crippen LogP contribution in [0.5, 0.6) is 5.88 Å². The largest absolute Gasteiger partial charge is 0.491 e. The molecule has 4 rings (SSSR count). The summed E-state index contributed by atoms with van der Waals surface area (Å²) in [6.45, 7) is 2.65. The van der Waals surface area contributed by atoms with E-state index in [0.717, 1.165) is 10.5 Å². The lowest BCUT2D eigenvalue weighted by molar-refractivity contribution is -0.202. The highest BCUT2D eigenvalue weighted by Crippen LogP contribution is 2.30. The van der Waals surface area contributed by atoms with Crippen molar-refractivity contribution in [3.8, 4) is 17.7 Å². The molecule has 2 amide bonds. The maximum atomic E-state index is 13.8. The van der Waals surface area contributed by atoms with Gasteiger partial charge in [0.25, 0.3) is 5.91 Å². The molecule has 0 bridgehead atoms. The molecule has 0 saturated carbocycles. The summed E-state index contributed by atoms with van der Waals surface area (Å²) in [6.07, 6.45) is -6.13. The number of aryl methyl sites for hydroxylation is 1. The van der Waals surface area contributed by atoms with E-state index in [-0.39, 0.29) is 36.2 Å². The number of anilines is 2. The van der Waals surface area contributed by atoms with Crippen LogP contribution in [0.15, 0.2) is 54.6 Å². The zero-order valence-corrected chi connectivity index (χ0v) is 23.6. The molecule has 1 aromatic heterocycles. The molecule has 1 atom stereocenters. The van der Waals surface area contributed by atoms with E-state index in [1.807, 2.05) is 6.07 Å². The molecular weight excluding hydrogens is 583 g/mol. The van der Waals surface area contributed by atoms with Crippen molar-refractivity contribution < 1.29 is 41.8 Å². The molecule has 1 unspecified atom stereocenters. The van der Waals surface area contributed by atoms with Crippen LogP contribution in [0.1, 0.15) is 40.5 Å². The van der Waals surface area contributed by atoms with Gasteiger partial charge in [-0.25, -0.2) is 9.78 Å². The third kappa shape index (κ3) is 7.88. The number of carbonyl (C=O) groups excluding carboxylic acids is 4. The van der Waals surface area contributed by atoms with Crippen molar-refractivity contribution in [2.45, 2.75) is 39.0 Å². The van der Waals surface area contributed by atoms with Crippen LogP contribution in [0.4, 0.5) is 24.8 Å². The molecule has 14 heteroatoms. The standard InChI is InChI=1S/C30H26F3N5O6/c1-18-13-24(36-29(34)35-18)43-12-6-9-20-10-11-23-22(15-20)27(41)37(19(2)14-26(40)44-28(42)30(31,32)33)17-25(39)38(23)16-21-7-4-3-5-8-21/h3-5,7-8,10-11,13,15,19H,12,14,16-17H2,1-2H3,(H2,34,35,36). The third-order valence-corrected chi connectivity index (χ3v) is 6.37. The number of halogens is 3. The van der Waals surface area contributed by atoms with E-state index in [4.69, 9.17) is 10.5 Å². The quantitative estimate of drug-likeness (QED) is 0.243. The Morgan fingerprint density at radius 1 is 1.09 bits per heavy atom. The zero-order valence-electron chi connectivity index (χ0n) is 23.6. The number of aromatic nitrogens is 2. The summed E-state index contributed by atoms with van der Waals surface area (Å²) in [5.74, 6) is 0.641. The molecule has 0 saturated heterocycles. The Morgan fingerprint density at radius 3 is 2.50 bits per heavy atom. The highest BCUT2D eigenvalue weighted by atomic mass is 19.4. The van der Waals surface area contributed by atoms with Gasteiger partial charge in [-0.2, -0.15) is 18.2 Å². The van der Waals surface area contributed by atoms with Crippen molar-refractivity contribution in [2.75, 3.05) is 23.8 Å². The number of ether oxygens (including phenoxy) is 2. The fraction of sp³-hybridized carbons (Fsp3) is 0.267. The summed E-state index contributed by atoms with van der Waals surface area (Å²) in [6, 6.07) is 14.2. The fourth-order valence-electron chi connectivity index (χ4n) is 4.35. The highest BCUT2D eigenvalue weighted by molar-refractivity contribution is 6.10. The lowest BCUT2D eigenvalue weighted by atomic mass is 10.1. The minimum absolute atomic E-state index is 0.0471. The summed E-state index contributed by atoms with van der Waals surface area (Å²) in [4.78, 5) is 60.8. The topological polar surface area (TPSA) is 145 Å². The molecule has 0 radical (unpaired) electrons. The predicted molar refractivity (Wildman–Crippen MR) is 150 cm³/mol. The van der Waals surface area contributed by atoms with Crippen LogP contribution in [-0.4, -0.2) is 64.0 Å². The molecule has 1 aliphatic heterocycles. The number of nitrogens with zero attached hydrogens (tertiary/aromatic N) is 4. The van der Waals surface area contributed by atoms with Gasteiger partial charge in [0.2, 0.25) is 17.7 Å². The van der Waals surface area contributed by atoms with Crippen LogP contribution < -0.4 is 15.4 Å². The lowest BCUT2D eigenvalue weighted by Gasteiger charge is -2.27. The fourth-order valence-corrected chi connectivity index (χ4v) is 4.35. The summed E-state index contributed by atoms with van der Waals surface area (Å²) >= 11 is 0. The first-order valence-corrected chi connectivity index (χ1v) is 13.2. The molecule has 0 aliphatic carbocycles. The number of hydrogen-bond donors (Lipinski definition) is 1. The van der Waals surface area contributed by atoms with E-state index in [1.165, 1.54) is 17.9 Å². The number of nitrogen functional groups attached to an aromatic ring is 1. The van der Waals surface area contributed by atoms with Crippen LogP contribution in [-0.2, 0) is 25.7 Å². The SMILES string of the molecule is Cc1cc(OCC#Cc2ccc3c(c2)C(=O)N(C(C)CC(=O)OC(=O)C(F)(F)F)CC(=O)N3Cc2ccccc2)nc(N)n1. The van der Waals surface area contributed by atoms with Crippen molar-refractivity contribution >= 4 is 35.4 Å². The van der Waals surface area contributed by atoms with Crippen LogP contribution in [0.3, 0.4) is 0 Å². The Hall–Kier alpha value is -5.45. The second kappa shape index (κ2) is 13.2. The molecule has 1 aliphatic rings. The van der Waals surface area contributed by atoms with Crippen LogP contribution in [0.2, 0.25) is 0 Å². The van der Waals surface area contributed by atoms with Crippen molar-refractivity contribution in [3.63, 3.8) is 0 Å². The molecule has 44 heavy (non-hydrogen) atoms. The Kier molecular flexibility index (Phi) is 9.47. The maximum Gasteiger partial charge on any atom is 0.491 e. The van der Waals surface area contributed by atoms with E-state index in [2.05, 4.69) is 26.5 Å². The second-order valence-corrected chi connectivity index (χ2v) is 9.74. The minimum atomic E-state index is -5.37. The number of carbonyl (C=O) groups is 4. The third-order valence-electron chi connectivity index (χ3n) is 6.37. The van der Waals surface area contributed by atoms with Crippen molar-refractivity contribution in [1.82, 2.24) is 14.9 Å². The van der Waals surface area contributed by atoms with Gasteiger partial charge in [0.1, 0.15) is 6.54 Å². The number of nitrogens with two attached hydrogens (primary N) is 1. The number of alkyl halides is 3. The average molecular weight is 610 g/mol. The molecule has 2 N–H and O–H groups in total. The van der Waals surface area contributed by atoms with E-state index in [1.54, 1.807) is 49.4 Å². The van der Waals surface area contributed by atoms with Crippen LogP contribution in [0.25, 0.3) is 0 Å². The van der Waals surface area contributed by atoms with E-state index < -0.39 is 48.9 Å². The monoisotopic (exact) mass is 609 g/mol. The number of benzene rings is 2. The first-order valence-electron chi connectivity index (χ1n) is 13.2. The molecule has 3 aromatic rings. The average Bonchev–Trinajstić information content (AvgIpc) is 3.05.